The van der Waals surface area contributed by atoms with Crippen LogP contribution in [0.5, 0.6) is 0 Å². The lowest BCUT2D eigenvalue weighted by atomic mass is 9.92. The lowest BCUT2D eigenvalue weighted by Crippen LogP contribution is -2.47. The Balaban J connectivity index is 1.67. The summed E-state index contributed by atoms with van der Waals surface area (Å²) in [6, 6.07) is 4.70. The molecule has 6 heteroatoms. The first-order valence-corrected chi connectivity index (χ1v) is 7.36. The highest BCUT2D eigenvalue weighted by Crippen LogP contribution is 2.33. The molecule has 4 heterocycles. The monoisotopic (exact) mass is 272 g/mol. The second-order valence-corrected chi connectivity index (χ2v) is 6.06. The molecule has 20 heavy (non-hydrogen) atoms. The van der Waals surface area contributed by atoms with Gasteiger partial charge in [-0.2, -0.15) is 0 Å². The summed E-state index contributed by atoms with van der Waals surface area (Å²) in [5, 5.41) is 8.97. The first kappa shape index (κ1) is 12.1. The summed E-state index contributed by atoms with van der Waals surface area (Å²) < 4.78 is 1.66. The number of hydrogen-bond donors (Lipinski definition) is 0. The number of likely N-dealkylation sites (N-methyl/N-ethyl adjacent to an activating group) is 1. The summed E-state index contributed by atoms with van der Waals surface area (Å²) in [6.07, 6.45) is 2.59. The van der Waals surface area contributed by atoms with E-state index in [1.807, 2.05) is 13.0 Å². The zero-order chi connectivity index (χ0) is 13.7. The summed E-state index contributed by atoms with van der Waals surface area (Å²) in [5.74, 6) is 2.62. The van der Waals surface area contributed by atoms with E-state index in [2.05, 4.69) is 38.1 Å². The van der Waals surface area contributed by atoms with E-state index in [1.165, 1.54) is 19.4 Å². The Morgan fingerprint density at radius 1 is 1.15 bits per heavy atom. The van der Waals surface area contributed by atoms with Gasteiger partial charge in [-0.05, 0) is 51.4 Å². The van der Waals surface area contributed by atoms with Crippen molar-refractivity contribution in [2.45, 2.75) is 25.8 Å². The fourth-order valence-corrected chi connectivity index (χ4v) is 3.61. The molecule has 2 aliphatic heterocycles. The lowest BCUT2D eigenvalue weighted by molar-refractivity contribution is 0.207. The second kappa shape index (κ2) is 4.41. The van der Waals surface area contributed by atoms with Crippen LogP contribution < -0.4 is 4.90 Å². The summed E-state index contributed by atoms with van der Waals surface area (Å²) in [5.41, 5.74) is 0.822. The Bertz CT molecular complexity index is 636. The quantitative estimate of drug-likeness (QED) is 0.774. The van der Waals surface area contributed by atoms with Crippen molar-refractivity contribution < 1.29 is 0 Å². The minimum absolute atomic E-state index is 0.600. The number of fused-ring (bicyclic) bond motifs is 2. The molecule has 2 atom stereocenters. The predicted molar refractivity (Wildman–Crippen MR) is 76.9 cm³/mol. The molecule has 0 aromatic carbocycles. The smallest absolute Gasteiger partial charge is 0.176 e. The molecule has 106 valence electrons. The molecule has 0 unspecified atom stereocenters. The molecule has 4 rings (SSSR count). The minimum atomic E-state index is 0.600. The van der Waals surface area contributed by atoms with Crippen molar-refractivity contribution in [1.29, 1.82) is 0 Å². The van der Waals surface area contributed by atoms with Crippen LogP contribution in [-0.2, 0) is 0 Å². The molecule has 0 N–H and O–H groups in total. The van der Waals surface area contributed by atoms with Gasteiger partial charge in [0, 0.05) is 19.1 Å². The van der Waals surface area contributed by atoms with Gasteiger partial charge in [-0.1, -0.05) is 0 Å². The summed E-state index contributed by atoms with van der Waals surface area (Å²) in [7, 11) is 2.21. The van der Waals surface area contributed by atoms with Crippen molar-refractivity contribution in [1.82, 2.24) is 24.7 Å². The van der Waals surface area contributed by atoms with Gasteiger partial charge in [0.25, 0.3) is 0 Å². The Kier molecular flexibility index (Phi) is 2.66. The third-order valence-electron chi connectivity index (χ3n) is 4.66. The molecule has 0 saturated carbocycles. The van der Waals surface area contributed by atoms with Gasteiger partial charge in [-0.25, -0.2) is 4.98 Å². The van der Waals surface area contributed by atoms with Crippen molar-refractivity contribution in [3.05, 3.63) is 18.0 Å². The molecule has 0 radical (unpaired) electrons. The van der Waals surface area contributed by atoms with Crippen molar-refractivity contribution in [3.8, 4) is 0 Å². The number of likely N-dealkylation sites (tertiary alicyclic amines) is 1. The average Bonchev–Trinajstić information content (AvgIpc) is 2.99. The Hall–Kier alpha value is -1.69. The van der Waals surface area contributed by atoms with Crippen molar-refractivity contribution in [2.24, 2.45) is 5.92 Å². The third-order valence-corrected chi connectivity index (χ3v) is 4.66. The highest BCUT2D eigenvalue weighted by molar-refractivity contribution is 5.47. The zero-order valence-corrected chi connectivity index (χ0v) is 12.0. The fraction of sp³-hybridized carbons (Fsp3) is 0.643. The number of rotatable bonds is 1. The Morgan fingerprint density at radius 3 is 2.90 bits per heavy atom. The molecular formula is C14H20N6. The molecule has 2 saturated heterocycles. The Morgan fingerprint density at radius 2 is 2.00 bits per heavy atom. The van der Waals surface area contributed by atoms with Crippen LogP contribution in [0.1, 0.15) is 18.7 Å². The maximum atomic E-state index is 4.64. The van der Waals surface area contributed by atoms with E-state index in [9.17, 15) is 0 Å². The standard InChI is InChI=1S/C14H20N6/c1-10-15-13-3-4-14(17-20(13)16-10)19-8-6-11-5-7-18(2)9-12(11)19/h3-4,11-12H,5-9H2,1-2H3/t11-,12-/m1/s1. The van der Waals surface area contributed by atoms with E-state index < -0.39 is 0 Å². The van der Waals surface area contributed by atoms with E-state index in [1.54, 1.807) is 4.63 Å². The van der Waals surface area contributed by atoms with Gasteiger partial charge in [0.1, 0.15) is 5.82 Å². The third kappa shape index (κ3) is 1.86. The number of nitrogens with zero attached hydrogens (tertiary/aromatic N) is 6. The van der Waals surface area contributed by atoms with Crippen LogP contribution in [0.3, 0.4) is 0 Å². The van der Waals surface area contributed by atoms with Crippen LogP contribution in [-0.4, -0.2) is 57.4 Å². The minimum Gasteiger partial charge on any atom is -0.351 e. The van der Waals surface area contributed by atoms with E-state index >= 15 is 0 Å². The molecule has 0 amide bonds. The molecule has 0 spiro atoms. The van der Waals surface area contributed by atoms with Crippen LogP contribution in [0.4, 0.5) is 5.82 Å². The molecular weight excluding hydrogens is 252 g/mol. The van der Waals surface area contributed by atoms with E-state index in [0.29, 0.717) is 6.04 Å². The number of hydrogen-bond acceptors (Lipinski definition) is 5. The van der Waals surface area contributed by atoms with Crippen LogP contribution in [0.25, 0.3) is 5.65 Å². The maximum absolute atomic E-state index is 4.64. The highest BCUT2D eigenvalue weighted by atomic mass is 15.5. The predicted octanol–water partition coefficient (Wildman–Crippen LogP) is 0.963. The number of aromatic nitrogens is 4. The molecule has 0 aliphatic carbocycles. The second-order valence-electron chi connectivity index (χ2n) is 6.06. The van der Waals surface area contributed by atoms with Crippen LogP contribution in [0.15, 0.2) is 12.1 Å². The first-order valence-electron chi connectivity index (χ1n) is 7.36. The summed E-state index contributed by atoms with van der Waals surface area (Å²) in [6.45, 7) is 5.37. The SMILES string of the molecule is Cc1nc2ccc(N3CC[C@H]4CCN(C)C[C@H]43)nn2n1. The zero-order valence-electron chi connectivity index (χ0n) is 12.0. The van der Waals surface area contributed by atoms with Gasteiger partial charge in [-0.3, -0.25) is 0 Å². The topological polar surface area (TPSA) is 49.6 Å². The van der Waals surface area contributed by atoms with Crippen LogP contribution >= 0.6 is 0 Å². The van der Waals surface area contributed by atoms with Gasteiger partial charge in [0.05, 0.1) is 0 Å². The van der Waals surface area contributed by atoms with Gasteiger partial charge < -0.3 is 9.80 Å². The fourth-order valence-electron chi connectivity index (χ4n) is 3.61. The number of aryl methyl sites for hydroxylation is 1. The van der Waals surface area contributed by atoms with Gasteiger partial charge in [0.2, 0.25) is 0 Å². The van der Waals surface area contributed by atoms with Crippen molar-refractivity contribution in [2.75, 3.05) is 31.6 Å². The van der Waals surface area contributed by atoms with E-state index in [4.69, 9.17) is 0 Å². The van der Waals surface area contributed by atoms with Gasteiger partial charge in [0.15, 0.2) is 11.5 Å². The summed E-state index contributed by atoms with van der Waals surface area (Å²) >= 11 is 0. The maximum Gasteiger partial charge on any atom is 0.176 e. The van der Waals surface area contributed by atoms with Crippen LogP contribution in [0.2, 0.25) is 0 Å². The molecule has 2 aromatic heterocycles. The van der Waals surface area contributed by atoms with E-state index in [0.717, 1.165) is 36.3 Å². The van der Waals surface area contributed by atoms with Gasteiger partial charge >= 0.3 is 0 Å². The molecule has 6 nitrogen and oxygen atoms in total. The van der Waals surface area contributed by atoms with Crippen molar-refractivity contribution in [3.63, 3.8) is 0 Å². The number of anilines is 1. The molecule has 2 aromatic rings. The van der Waals surface area contributed by atoms with Crippen LogP contribution in [0, 0.1) is 12.8 Å². The first-order chi connectivity index (χ1) is 9.70. The average molecular weight is 272 g/mol. The molecule has 2 fully saturated rings. The largest absolute Gasteiger partial charge is 0.351 e. The van der Waals surface area contributed by atoms with Crippen molar-refractivity contribution >= 4 is 11.5 Å². The lowest BCUT2D eigenvalue weighted by Gasteiger charge is -2.36. The Labute approximate surface area is 118 Å². The highest BCUT2D eigenvalue weighted by Gasteiger charge is 2.38. The van der Waals surface area contributed by atoms with E-state index in [-0.39, 0.29) is 0 Å². The van der Waals surface area contributed by atoms with Gasteiger partial charge in [-0.15, -0.1) is 14.8 Å². The summed E-state index contributed by atoms with van der Waals surface area (Å²) in [4.78, 5) is 9.22. The molecule has 2 aliphatic rings. The normalized spacial score (nSPS) is 27.2. The molecule has 0 bridgehead atoms. The number of piperidine rings is 1.